The summed E-state index contributed by atoms with van der Waals surface area (Å²) in [5.74, 6) is -1.08. The second kappa shape index (κ2) is 12.3. The van der Waals surface area contributed by atoms with Crippen molar-refractivity contribution in [1.29, 1.82) is 0 Å². The van der Waals surface area contributed by atoms with E-state index in [4.69, 9.17) is 4.74 Å². The Kier molecular flexibility index (Phi) is 9.43. The molecular formula is C28H29F3N2O4S. The molecule has 1 amide bonds. The summed E-state index contributed by atoms with van der Waals surface area (Å²) in [4.78, 5) is 38.4. The molecule has 3 rings (SSSR count). The minimum Gasteiger partial charge on any atom is -0.456 e. The lowest BCUT2D eigenvalue weighted by molar-refractivity contribution is -0.144. The highest BCUT2D eigenvalue weighted by Gasteiger charge is 2.31. The Morgan fingerprint density at radius 1 is 1.03 bits per heavy atom. The van der Waals surface area contributed by atoms with Crippen LogP contribution in [0.2, 0.25) is 0 Å². The largest absolute Gasteiger partial charge is 0.456 e. The van der Waals surface area contributed by atoms with Crippen LogP contribution in [0.4, 0.5) is 13.2 Å². The van der Waals surface area contributed by atoms with Gasteiger partial charge in [-0.2, -0.15) is 24.9 Å². The molecule has 1 heterocycles. The van der Waals surface area contributed by atoms with Crippen molar-refractivity contribution in [2.45, 2.75) is 39.4 Å². The van der Waals surface area contributed by atoms with Crippen molar-refractivity contribution in [2.24, 2.45) is 0 Å². The van der Waals surface area contributed by atoms with Crippen molar-refractivity contribution in [3.63, 3.8) is 0 Å². The molecule has 0 aliphatic heterocycles. The molecule has 2 aromatic carbocycles. The summed E-state index contributed by atoms with van der Waals surface area (Å²) in [5.41, 5.74) is 1.99. The van der Waals surface area contributed by atoms with Crippen molar-refractivity contribution >= 4 is 29.4 Å². The number of rotatable bonds is 10. The summed E-state index contributed by atoms with van der Waals surface area (Å²) in [6.07, 6.45) is -2.32. The topological polar surface area (TPSA) is 77.4 Å². The summed E-state index contributed by atoms with van der Waals surface area (Å²) in [7, 11) is 0. The number of thioether (sulfide) groups is 1. The minimum atomic E-state index is -4.50. The number of nitrogens with zero attached hydrogens (tertiary/aromatic N) is 1. The van der Waals surface area contributed by atoms with Gasteiger partial charge < -0.3 is 14.6 Å². The Labute approximate surface area is 223 Å². The number of Topliss-reactive ketones (excluding diaryl/α,β-unsaturated/α-hetero) is 1. The van der Waals surface area contributed by atoms with E-state index >= 15 is 0 Å². The summed E-state index contributed by atoms with van der Waals surface area (Å²) in [6.45, 7) is 4.58. The van der Waals surface area contributed by atoms with Gasteiger partial charge in [-0.15, -0.1) is 0 Å². The van der Waals surface area contributed by atoms with E-state index in [2.05, 4.69) is 5.32 Å². The molecule has 0 radical (unpaired) electrons. The zero-order valence-electron chi connectivity index (χ0n) is 21.5. The van der Waals surface area contributed by atoms with E-state index in [0.717, 1.165) is 17.7 Å². The van der Waals surface area contributed by atoms with Crippen molar-refractivity contribution in [2.75, 3.05) is 18.6 Å². The maximum Gasteiger partial charge on any atom is 0.416 e. The number of esters is 1. The fourth-order valence-corrected chi connectivity index (χ4v) is 4.56. The van der Waals surface area contributed by atoms with Crippen molar-refractivity contribution in [1.82, 2.24) is 9.88 Å². The molecule has 0 fully saturated rings. The second-order valence-electron chi connectivity index (χ2n) is 8.88. The molecule has 1 N–H and O–H groups in total. The number of alkyl halides is 3. The average molecular weight is 547 g/mol. The molecule has 1 atom stereocenters. The van der Waals surface area contributed by atoms with Crippen molar-refractivity contribution < 1.29 is 32.3 Å². The normalized spacial score (nSPS) is 12.2. The highest BCUT2D eigenvalue weighted by atomic mass is 32.2. The van der Waals surface area contributed by atoms with Crippen LogP contribution in [0.15, 0.2) is 54.6 Å². The molecule has 0 aliphatic carbocycles. The van der Waals surface area contributed by atoms with Gasteiger partial charge in [-0.1, -0.05) is 23.8 Å². The number of carbonyl (C=O) groups is 3. The minimum absolute atomic E-state index is 0.233. The van der Waals surface area contributed by atoms with E-state index in [1.54, 1.807) is 42.7 Å². The summed E-state index contributed by atoms with van der Waals surface area (Å²) >= 11 is 1.50. The van der Waals surface area contributed by atoms with Crippen LogP contribution >= 0.6 is 11.8 Å². The molecule has 0 unspecified atom stereocenters. The number of carbonyl (C=O) groups excluding carboxylic acids is 3. The van der Waals surface area contributed by atoms with E-state index in [-0.39, 0.29) is 11.3 Å². The van der Waals surface area contributed by atoms with E-state index < -0.39 is 42.0 Å². The van der Waals surface area contributed by atoms with Gasteiger partial charge in [-0.3, -0.25) is 9.59 Å². The van der Waals surface area contributed by atoms with Crippen LogP contribution in [0.5, 0.6) is 0 Å². The third kappa shape index (κ3) is 7.06. The predicted molar refractivity (Wildman–Crippen MR) is 141 cm³/mol. The molecule has 10 heteroatoms. The van der Waals surface area contributed by atoms with Gasteiger partial charge in [0, 0.05) is 28.2 Å². The highest BCUT2D eigenvalue weighted by Crippen LogP contribution is 2.31. The summed E-state index contributed by atoms with van der Waals surface area (Å²) in [5, 5.41) is 2.69. The molecule has 0 aliphatic rings. The van der Waals surface area contributed by atoms with Gasteiger partial charge in [0.15, 0.2) is 6.61 Å². The lowest BCUT2D eigenvalue weighted by atomic mass is 10.1. The van der Waals surface area contributed by atoms with Crippen LogP contribution in [0.3, 0.4) is 0 Å². The van der Waals surface area contributed by atoms with Crippen LogP contribution in [0.1, 0.15) is 49.7 Å². The van der Waals surface area contributed by atoms with Crippen LogP contribution < -0.4 is 5.32 Å². The lowest BCUT2D eigenvalue weighted by Gasteiger charge is -2.17. The Balaban J connectivity index is 1.73. The van der Waals surface area contributed by atoms with E-state index in [1.165, 1.54) is 23.9 Å². The number of nitrogens with one attached hydrogen (secondary N) is 1. The maximum absolute atomic E-state index is 13.2. The first-order chi connectivity index (χ1) is 17.9. The van der Waals surface area contributed by atoms with Crippen LogP contribution in [0.25, 0.3) is 5.69 Å². The monoisotopic (exact) mass is 546 g/mol. The lowest BCUT2D eigenvalue weighted by Crippen LogP contribution is -2.42. The molecule has 3 aromatic rings. The predicted octanol–water partition coefficient (Wildman–Crippen LogP) is 5.70. The maximum atomic E-state index is 13.2. The quantitative estimate of drug-likeness (QED) is 0.261. The Hall–Kier alpha value is -3.53. The first-order valence-electron chi connectivity index (χ1n) is 11.8. The van der Waals surface area contributed by atoms with E-state index in [0.29, 0.717) is 29.1 Å². The number of hydrogen-bond acceptors (Lipinski definition) is 5. The first-order valence-corrected chi connectivity index (χ1v) is 13.2. The Morgan fingerprint density at radius 3 is 2.39 bits per heavy atom. The Bertz CT molecular complexity index is 1330. The zero-order valence-corrected chi connectivity index (χ0v) is 22.3. The molecule has 0 saturated carbocycles. The number of benzene rings is 2. The number of ketones is 1. The number of amides is 1. The van der Waals surface area contributed by atoms with Gasteiger partial charge >= 0.3 is 12.1 Å². The van der Waals surface area contributed by atoms with Gasteiger partial charge in [-0.05, 0) is 75.6 Å². The van der Waals surface area contributed by atoms with Gasteiger partial charge in [0.2, 0.25) is 5.78 Å². The SMILES string of the molecule is CSCC[C@@H](NC(=O)c1cccc(C)c1)C(=O)OCC(=O)c1cc(C)n(-c2cccc(C(F)(F)F)c2)c1C. The average Bonchev–Trinajstić information content (AvgIpc) is 3.17. The fraction of sp³-hybridized carbons (Fsp3) is 0.321. The number of halogens is 3. The number of aryl methyl sites for hydroxylation is 2. The van der Waals surface area contributed by atoms with E-state index in [9.17, 15) is 27.6 Å². The van der Waals surface area contributed by atoms with Crippen LogP contribution in [0, 0.1) is 20.8 Å². The van der Waals surface area contributed by atoms with Gasteiger partial charge in [0.1, 0.15) is 6.04 Å². The molecule has 1 aromatic heterocycles. The van der Waals surface area contributed by atoms with E-state index in [1.807, 2.05) is 19.2 Å². The Morgan fingerprint density at radius 2 is 1.74 bits per heavy atom. The molecule has 0 bridgehead atoms. The van der Waals surface area contributed by atoms with Crippen molar-refractivity contribution in [3.8, 4) is 5.69 Å². The zero-order chi connectivity index (χ0) is 28.0. The molecule has 38 heavy (non-hydrogen) atoms. The number of ether oxygens (including phenoxy) is 1. The highest BCUT2D eigenvalue weighted by molar-refractivity contribution is 7.98. The van der Waals surface area contributed by atoms with Crippen LogP contribution in [-0.4, -0.2) is 46.9 Å². The third-order valence-electron chi connectivity index (χ3n) is 5.99. The smallest absolute Gasteiger partial charge is 0.416 e. The summed E-state index contributed by atoms with van der Waals surface area (Å²) < 4.78 is 46.4. The molecule has 6 nitrogen and oxygen atoms in total. The number of hydrogen-bond donors (Lipinski definition) is 1. The van der Waals surface area contributed by atoms with Crippen molar-refractivity contribution in [3.05, 3.63) is 88.2 Å². The number of aromatic nitrogens is 1. The molecule has 0 saturated heterocycles. The molecular weight excluding hydrogens is 517 g/mol. The third-order valence-corrected chi connectivity index (χ3v) is 6.63. The van der Waals surface area contributed by atoms with Gasteiger partial charge in [0.05, 0.1) is 5.56 Å². The second-order valence-corrected chi connectivity index (χ2v) is 9.86. The van der Waals surface area contributed by atoms with Crippen LogP contribution in [-0.2, 0) is 15.7 Å². The molecule has 202 valence electrons. The standard InChI is InChI=1S/C28H29F3N2O4S/c1-17-7-5-8-20(13-17)26(35)32-24(11-12-38-4)27(36)37-16-25(34)23-14-18(2)33(19(23)3)22-10-6-9-21(15-22)28(29,30)31/h5-10,13-15,24H,11-12,16H2,1-4H3,(H,32,35)/t24-/m1/s1. The summed E-state index contributed by atoms with van der Waals surface area (Å²) in [6, 6.07) is 12.4. The fourth-order valence-electron chi connectivity index (χ4n) is 4.09. The van der Waals surface area contributed by atoms with Gasteiger partial charge in [-0.25, -0.2) is 4.79 Å². The first kappa shape index (κ1) is 29.0. The van der Waals surface area contributed by atoms with Gasteiger partial charge in [0.25, 0.3) is 5.91 Å². The molecule has 0 spiro atoms.